The fourth-order valence-corrected chi connectivity index (χ4v) is 2.78. The highest BCUT2D eigenvalue weighted by Gasteiger charge is 2.11. The molecule has 0 radical (unpaired) electrons. The zero-order chi connectivity index (χ0) is 14.5. The minimum atomic E-state index is 0.0834. The van der Waals surface area contributed by atoms with Gasteiger partial charge in [-0.1, -0.05) is 24.3 Å². The summed E-state index contributed by atoms with van der Waals surface area (Å²) in [7, 11) is 0. The molecule has 0 amide bonds. The highest BCUT2D eigenvalue weighted by atomic mass is 16.3. The molecule has 0 atom stereocenters. The van der Waals surface area contributed by atoms with E-state index in [2.05, 4.69) is 34.5 Å². The Hall–Kier alpha value is -2.00. The van der Waals surface area contributed by atoms with E-state index in [-0.39, 0.29) is 6.61 Å². The van der Waals surface area contributed by atoms with Crippen LogP contribution in [0.2, 0.25) is 0 Å². The normalized spacial score (nSPS) is 14.4. The Kier molecular flexibility index (Phi) is 4.41. The van der Waals surface area contributed by atoms with E-state index in [0.717, 1.165) is 17.8 Å². The molecule has 3 nitrogen and oxygen atoms in total. The predicted molar refractivity (Wildman–Crippen MR) is 87.6 cm³/mol. The number of rotatable bonds is 5. The number of aliphatic hydroxyl groups excluding tert-OH is 1. The summed E-state index contributed by atoms with van der Waals surface area (Å²) >= 11 is 0. The third-order valence-corrected chi connectivity index (χ3v) is 4.01. The lowest BCUT2D eigenvalue weighted by atomic mass is 10.1. The van der Waals surface area contributed by atoms with Gasteiger partial charge in [0.05, 0.1) is 6.61 Å². The summed E-state index contributed by atoms with van der Waals surface area (Å²) in [5.41, 5.74) is 4.58. The van der Waals surface area contributed by atoms with Gasteiger partial charge in [-0.25, -0.2) is 0 Å². The molecule has 110 valence electrons. The van der Waals surface area contributed by atoms with Gasteiger partial charge in [0.25, 0.3) is 0 Å². The number of anilines is 2. The van der Waals surface area contributed by atoms with Crippen LogP contribution in [-0.2, 0) is 13.2 Å². The van der Waals surface area contributed by atoms with Crippen molar-refractivity contribution < 1.29 is 5.11 Å². The van der Waals surface area contributed by atoms with Gasteiger partial charge in [-0.15, -0.1) is 0 Å². The molecule has 21 heavy (non-hydrogen) atoms. The van der Waals surface area contributed by atoms with E-state index in [4.69, 9.17) is 5.11 Å². The van der Waals surface area contributed by atoms with Crippen molar-refractivity contribution in [1.82, 2.24) is 0 Å². The van der Waals surface area contributed by atoms with Crippen LogP contribution in [0.1, 0.15) is 24.0 Å². The molecule has 1 aliphatic heterocycles. The van der Waals surface area contributed by atoms with Crippen LogP contribution in [0.15, 0.2) is 48.5 Å². The second-order valence-electron chi connectivity index (χ2n) is 5.57. The van der Waals surface area contributed by atoms with Crippen molar-refractivity contribution in [2.45, 2.75) is 26.0 Å². The second-order valence-corrected chi connectivity index (χ2v) is 5.57. The van der Waals surface area contributed by atoms with E-state index in [9.17, 15) is 0 Å². The van der Waals surface area contributed by atoms with Crippen molar-refractivity contribution in [1.29, 1.82) is 0 Å². The Balaban J connectivity index is 1.59. The minimum absolute atomic E-state index is 0.0834. The monoisotopic (exact) mass is 282 g/mol. The standard InChI is InChI=1S/C18H22N2O/c21-14-16-4-3-5-17(12-16)19-13-15-6-8-18(9-7-15)20-10-1-2-11-20/h3-9,12,19,21H,1-2,10-11,13-14H2. The number of hydrogen-bond acceptors (Lipinski definition) is 3. The lowest BCUT2D eigenvalue weighted by Gasteiger charge is -2.17. The van der Waals surface area contributed by atoms with Crippen molar-refractivity contribution in [3.63, 3.8) is 0 Å². The SMILES string of the molecule is OCc1cccc(NCc2ccc(N3CCCC3)cc2)c1. The molecule has 0 spiro atoms. The number of nitrogens with zero attached hydrogens (tertiary/aromatic N) is 1. The molecule has 0 saturated carbocycles. The molecule has 0 unspecified atom stereocenters. The first-order valence-electron chi connectivity index (χ1n) is 7.63. The van der Waals surface area contributed by atoms with Crippen LogP contribution in [0.25, 0.3) is 0 Å². The minimum Gasteiger partial charge on any atom is -0.392 e. The molecule has 2 N–H and O–H groups in total. The third kappa shape index (κ3) is 3.56. The van der Waals surface area contributed by atoms with Gasteiger partial charge >= 0.3 is 0 Å². The Bertz CT molecular complexity index is 574. The average Bonchev–Trinajstić information content (AvgIpc) is 3.08. The van der Waals surface area contributed by atoms with Crippen molar-refractivity contribution in [2.75, 3.05) is 23.3 Å². The number of nitrogens with one attached hydrogen (secondary N) is 1. The molecule has 0 aliphatic carbocycles. The zero-order valence-electron chi connectivity index (χ0n) is 12.3. The summed E-state index contributed by atoms with van der Waals surface area (Å²) in [5.74, 6) is 0. The highest BCUT2D eigenvalue weighted by Crippen LogP contribution is 2.21. The van der Waals surface area contributed by atoms with Crippen molar-refractivity contribution >= 4 is 11.4 Å². The van der Waals surface area contributed by atoms with E-state index < -0.39 is 0 Å². The molecule has 0 bridgehead atoms. The van der Waals surface area contributed by atoms with Crippen LogP contribution in [0, 0.1) is 0 Å². The van der Waals surface area contributed by atoms with Gasteiger partial charge in [-0.3, -0.25) is 0 Å². The summed E-state index contributed by atoms with van der Waals surface area (Å²) in [5, 5.41) is 12.5. The fourth-order valence-electron chi connectivity index (χ4n) is 2.78. The first-order valence-corrected chi connectivity index (χ1v) is 7.63. The van der Waals surface area contributed by atoms with Crippen LogP contribution in [0.4, 0.5) is 11.4 Å². The molecular weight excluding hydrogens is 260 g/mol. The molecule has 3 heteroatoms. The zero-order valence-corrected chi connectivity index (χ0v) is 12.3. The maximum Gasteiger partial charge on any atom is 0.0682 e. The summed E-state index contributed by atoms with van der Waals surface area (Å²) in [6.07, 6.45) is 2.62. The first kappa shape index (κ1) is 14.0. The number of benzene rings is 2. The summed E-state index contributed by atoms with van der Waals surface area (Å²) in [6, 6.07) is 16.7. The third-order valence-electron chi connectivity index (χ3n) is 4.01. The highest BCUT2D eigenvalue weighted by molar-refractivity contribution is 5.50. The number of hydrogen-bond donors (Lipinski definition) is 2. The quantitative estimate of drug-likeness (QED) is 0.882. The van der Waals surface area contributed by atoms with Gasteiger partial charge in [0.1, 0.15) is 0 Å². The van der Waals surface area contributed by atoms with Crippen LogP contribution in [0.5, 0.6) is 0 Å². The van der Waals surface area contributed by atoms with Gasteiger partial charge < -0.3 is 15.3 Å². The van der Waals surface area contributed by atoms with Gasteiger partial charge in [0.2, 0.25) is 0 Å². The fraction of sp³-hybridized carbons (Fsp3) is 0.333. The molecular formula is C18H22N2O. The summed E-state index contributed by atoms with van der Waals surface area (Å²) in [4.78, 5) is 2.45. The van der Waals surface area contributed by atoms with E-state index in [0.29, 0.717) is 0 Å². The lowest BCUT2D eigenvalue weighted by molar-refractivity contribution is 0.282. The Morgan fingerprint density at radius 3 is 2.43 bits per heavy atom. The summed E-state index contributed by atoms with van der Waals surface area (Å²) < 4.78 is 0. The van der Waals surface area contributed by atoms with Gasteiger partial charge in [-0.05, 0) is 48.2 Å². The summed E-state index contributed by atoms with van der Waals surface area (Å²) in [6.45, 7) is 3.26. The molecule has 0 aromatic heterocycles. The lowest BCUT2D eigenvalue weighted by Crippen LogP contribution is -2.17. The van der Waals surface area contributed by atoms with E-state index in [1.54, 1.807) is 0 Å². The van der Waals surface area contributed by atoms with Gasteiger partial charge in [0.15, 0.2) is 0 Å². The molecule has 3 rings (SSSR count). The van der Waals surface area contributed by atoms with Crippen LogP contribution in [-0.4, -0.2) is 18.2 Å². The van der Waals surface area contributed by atoms with Gasteiger partial charge in [-0.2, -0.15) is 0 Å². The molecule has 2 aromatic rings. The first-order chi connectivity index (χ1) is 10.3. The van der Waals surface area contributed by atoms with E-state index in [1.807, 2.05) is 24.3 Å². The predicted octanol–water partition coefficient (Wildman–Crippen LogP) is 3.39. The van der Waals surface area contributed by atoms with Crippen LogP contribution >= 0.6 is 0 Å². The Morgan fingerprint density at radius 2 is 1.71 bits per heavy atom. The molecule has 2 aromatic carbocycles. The maximum atomic E-state index is 9.15. The van der Waals surface area contributed by atoms with Crippen molar-refractivity contribution in [3.8, 4) is 0 Å². The van der Waals surface area contributed by atoms with Crippen molar-refractivity contribution in [3.05, 3.63) is 59.7 Å². The molecule has 1 aliphatic rings. The second kappa shape index (κ2) is 6.64. The van der Waals surface area contributed by atoms with E-state index >= 15 is 0 Å². The average molecular weight is 282 g/mol. The smallest absolute Gasteiger partial charge is 0.0682 e. The topological polar surface area (TPSA) is 35.5 Å². The molecule has 1 saturated heterocycles. The van der Waals surface area contributed by atoms with Gasteiger partial charge in [0, 0.05) is 31.0 Å². The van der Waals surface area contributed by atoms with E-state index in [1.165, 1.54) is 37.2 Å². The maximum absolute atomic E-state index is 9.15. The Labute approximate surface area is 126 Å². The molecule has 1 fully saturated rings. The van der Waals surface area contributed by atoms with Crippen LogP contribution < -0.4 is 10.2 Å². The van der Waals surface area contributed by atoms with Crippen LogP contribution in [0.3, 0.4) is 0 Å². The largest absolute Gasteiger partial charge is 0.392 e. The Morgan fingerprint density at radius 1 is 0.952 bits per heavy atom. The number of aliphatic hydroxyl groups is 1. The molecule has 1 heterocycles. The van der Waals surface area contributed by atoms with Crippen molar-refractivity contribution in [2.24, 2.45) is 0 Å².